The molecule has 2 heterocycles. The fourth-order valence-corrected chi connectivity index (χ4v) is 8.12. The molecular weight excluding hydrogens is 462 g/mol. The summed E-state index contributed by atoms with van der Waals surface area (Å²) < 4.78 is 6.51. The summed E-state index contributed by atoms with van der Waals surface area (Å²) in [7, 11) is 0. The number of allylic oxidation sites excluding steroid dienone is 2. The Kier molecular flexibility index (Phi) is 4.46. The van der Waals surface area contributed by atoms with Gasteiger partial charge in [-0.2, -0.15) is 0 Å². The van der Waals surface area contributed by atoms with Crippen LogP contribution in [0.1, 0.15) is 45.1 Å². The fourth-order valence-electron chi connectivity index (χ4n) is 6.96. The van der Waals surface area contributed by atoms with Gasteiger partial charge < -0.3 is 20.3 Å². The molecule has 0 aromatic heterocycles. The van der Waals surface area contributed by atoms with Crippen LogP contribution in [0.5, 0.6) is 11.5 Å². The van der Waals surface area contributed by atoms with Crippen LogP contribution in [0.3, 0.4) is 0 Å². The third-order valence-corrected chi connectivity index (χ3v) is 9.58. The molecule has 6 unspecified atom stereocenters. The van der Waals surface area contributed by atoms with Gasteiger partial charge in [0.1, 0.15) is 17.2 Å². The van der Waals surface area contributed by atoms with E-state index in [4.69, 9.17) is 4.74 Å². The van der Waals surface area contributed by atoms with Gasteiger partial charge in [0.2, 0.25) is 5.91 Å². The Labute approximate surface area is 190 Å². The minimum absolute atomic E-state index is 0.0106. The normalized spacial score (nSPS) is 42.1. The van der Waals surface area contributed by atoms with Gasteiger partial charge in [-0.1, -0.05) is 35.0 Å². The van der Waals surface area contributed by atoms with Crippen molar-refractivity contribution in [2.24, 2.45) is 22.7 Å². The highest BCUT2D eigenvalue weighted by Gasteiger charge is 2.74. The number of hydrogen-bond acceptors (Lipinski definition) is 5. The van der Waals surface area contributed by atoms with Crippen molar-refractivity contribution in [3.63, 3.8) is 0 Å². The number of benzene rings is 1. The number of ketones is 1. The third kappa shape index (κ3) is 2.78. The van der Waals surface area contributed by atoms with Crippen molar-refractivity contribution in [1.29, 1.82) is 0 Å². The number of aryl methyl sites for hydroxylation is 1. The van der Waals surface area contributed by atoms with E-state index >= 15 is 0 Å². The average Bonchev–Trinajstić information content (AvgIpc) is 3.05. The van der Waals surface area contributed by atoms with Gasteiger partial charge >= 0.3 is 0 Å². The van der Waals surface area contributed by atoms with Gasteiger partial charge in [0.05, 0.1) is 11.7 Å². The van der Waals surface area contributed by atoms with Crippen LogP contribution in [0.15, 0.2) is 24.3 Å². The van der Waals surface area contributed by atoms with Crippen molar-refractivity contribution in [3.8, 4) is 11.5 Å². The lowest BCUT2D eigenvalue weighted by molar-refractivity contribution is -0.168. The first-order valence-corrected chi connectivity index (χ1v) is 11.8. The Hall–Kier alpha value is -1.86. The maximum absolute atomic E-state index is 13.1. The number of amides is 1. The Balaban J connectivity index is 1.38. The van der Waals surface area contributed by atoms with Crippen molar-refractivity contribution in [1.82, 2.24) is 0 Å². The van der Waals surface area contributed by atoms with Crippen molar-refractivity contribution >= 4 is 33.3 Å². The van der Waals surface area contributed by atoms with E-state index in [1.54, 1.807) is 19.1 Å². The summed E-state index contributed by atoms with van der Waals surface area (Å²) in [6, 6.07) is 3.01. The number of carbonyl (C=O) groups excluding carboxylic acids is 2. The van der Waals surface area contributed by atoms with Crippen LogP contribution in [-0.4, -0.2) is 38.4 Å². The van der Waals surface area contributed by atoms with Crippen LogP contribution in [0, 0.1) is 29.6 Å². The number of ether oxygens (including phenoxy) is 1. The predicted octanol–water partition coefficient (Wildman–Crippen LogP) is 4.22. The number of rotatable bonds is 4. The van der Waals surface area contributed by atoms with Crippen molar-refractivity contribution in [3.05, 3.63) is 29.8 Å². The van der Waals surface area contributed by atoms with Gasteiger partial charge in [0.15, 0.2) is 5.78 Å². The maximum Gasteiger partial charge on any atom is 0.224 e. The van der Waals surface area contributed by atoms with E-state index in [0.29, 0.717) is 17.9 Å². The molecule has 31 heavy (non-hydrogen) atoms. The van der Waals surface area contributed by atoms with E-state index in [1.807, 2.05) is 6.92 Å². The van der Waals surface area contributed by atoms with Gasteiger partial charge in [-0.25, -0.2) is 0 Å². The van der Waals surface area contributed by atoms with E-state index in [9.17, 15) is 19.8 Å². The molecule has 2 aliphatic heterocycles. The first kappa shape index (κ1) is 21.0. The highest BCUT2D eigenvalue weighted by Crippen LogP contribution is 2.72. The molecule has 166 valence electrons. The zero-order valence-electron chi connectivity index (χ0n) is 17.9. The summed E-state index contributed by atoms with van der Waals surface area (Å²) in [5, 5.41) is 22.9. The van der Waals surface area contributed by atoms with Crippen LogP contribution in [0.4, 0.5) is 5.69 Å². The first-order valence-electron chi connectivity index (χ1n) is 10.9. The average molecular weight is 490 g/mol. The second-order valence-corrected chi connectivity index (χ2v) is 11.4. The van der Waals surface area contributed by atoms with Crippen LogP contribution in [-0.2, 0) is 14.3 Å². The van der Waals surface area contributed by atoms with Crippen molar-refractivity contribution in [2.75, 3.05) is 5.32 Å². The second-order valence-electron chi connectivity index (χ2n) is 10.3. The smallest absolute Gasteiger partial charge is 0.224 e. The Morgan fingerprint density at radius 1 is 1.32 bits per heavy atom. The Morgan fingerprint density at radius 3 is 2.77 bits per heavy atom. The number of phenolic OH excluding ortho intramolecular Hbond substituents is 2. The number of halogens is 1. The van der Waals surface area contributed by atoms with Gasteiger partial charge in [-0.15, -0.1) is 0 Å². The molecule has 4 bridgehead atoms. The summed E-state index contributed by atoms with van der Waals surface area (Å²) in [4.78, 5) is 26.1. The number of anilines is 1. The molecule has 2 saturated heterocycles. The lowest BCUT2D eigenvalue weighted by atomic mass is 9.51. The molecule has 0 radical (unpaired) electrons. The predicted molar refractivity (Wildman–Crippen MR) is 119 cm³/mol. The van der Waals surface area contributed by atoms with E-state index in [1.165, 1.54) is 6.07 Å². The van der Waals surface area contributed by atoms with Gasteiger partial charge in [0, 0.05) is 28.5 Å². The van der Waals surface area contributed by atoms with E-state index in [0.717, 1.165) is 12.8 Å². The highest BCUT2D eigenvalue weighted by molar-refractivity contribution is 9.09. The fraction of sp³-hybridized carbons (Fsp3) is 0.583. The third-order valence-electron chi connectivity index (χ3n) is 8.43. The molecule has 7 atom stereocenters. The molecule has 7 heteroatoms. The minimum atomic E-state index is -0.712. The van der Waals surface area contributed by atoms with Gasteiger partial charge in [0.25, 0.3) is 0 Å². The standard InChI is InChI=1S/C24H28BrNO5/c1-12-4-5-14(27)18(19(12)30)26-16(29)7-8-22(2)15(28)6-9-24-10-13-17(25)20(21(22)24)31-23(13,3)11-24/h4-6,9,13,17,20-21,27,30H,7-8,10-11H2,1-3H3,(H,26,29)/t13?,17-,20?,21?,22?,23?,24?/m0/s1. The topological polar surface area (TPSA) is 95.9 Å². The largest absolute Gasteiger partial charge is 0.506 e. The van der Waals surface area contributed by atoms with Crippen LogP contribution in [0.25, 0.3) is 0 Å². The van der Waals surface area contributed by atoms with Gasteiger partial charge in [-0.3, -0.25) is 9.59 Å². The minimum Gasteiger partial charge on any atom is -0.506 e. The molecule has 4 fully saturated rings. The quantitative estimate of drug-likeness (QED) is 0.434. The Morgan fingerprint density at radius 2 is 2.06 bits per heavy atom. The molecule has 3 aliphatic carbocycles. The number of phenols is 2. The van der Waals surface area contributed by atoms with Crippen molar-refractivity contribution < 1.29 is 24.5 Å². The molecule has 1 aromatic carbocycles. The molecule has 1 amide bonds. The molecule has 1 aromatic rings. The Bertz CT molecular complexity index is 1020. The van der Waals surface area contributed by atoms with Crippen LogP contribution >= 0.6 is 15.9 Å². The van der Waals surface area contributed by atoms with Crippen LogP contribution in [0.2, 0.25) is 0 Å². The molecule has 5 aliphatic rings. The number of nitrogens with one attached hydrogen (secondary N) is 1. The lowest BCUT2D eigenvalue weighted by Gasteiger charge is -2.56. The number of aromatic hydroxyl groups is 2. The summed E-state index contributed by atoms with van der Waals surface area (Å²) in [6.07, 6.45) is 6.19. The molecule has 3 N–H and O–H groups in total. The summed E-state index contributed by atoms with van der Waals surface area (Å²) >= 11 is 3.87. The summed E-state index contributed by atoms with van der Waals surface area (Å²) in [5.74, 6) is -0.188. The lowest BCUT2D eigenvalue weighted by Crippen LogP contribution is -2.58. The maximum atomic E-state index is 13.1. The zero-order valence-corrected chi connectivity index (χ0v) is 19.5. The molecule has 2 saturated carbocycles. The number of hydrogen-bond donors (Lipinski definition) is 3. The summed E-state index contributed by atoms with van der Waals surface area (Å²) in [6.45, 7) is 5.85. The number of alkyl halides is 1. The molecular formula is C24H28BrNO5. The highest BCUT2D eigenvalue weighted by atomic mass is 79.9. The van der Waals surface area contributed by atoms with E-state index < -0.39 is 5.41 Å². The molecule has 6 nitrogen and oxygen atoms in total. The number of carbonyl (C=O) groups is 2. The SMILES string of the molecule is Cc1ccc(O)c(NC(=O)CCC2(C)C(=O)C=CC34CC5[C@H](Br)C(OC5(C)C3)C42)c1O. The van der Waals surface area contributed by atoms with E-state index in [-0.39, 0.29) is 63.2 Å². The first-order chi connectivity index (χ1) is 14.5. The van der Waals surface area contributed by atoms with Gasteiger partial charge in [-0.05, 0) is 56.2 Å². The summed E-state index contributed by atoms with van der Waals surface area (Å²) in [5.41, 5.74) is -0.356. The molecule has 6 rings (SSSR count). The van der Waals surface area contributed by atoms with E-state index in [2.05, 4.69) is 34.2 Å². The second kappa shape index (κ2) is 6.58. The monoisotopic (exact) mass is 489 g/mol. The molecule has 1 spiro atoms. The zero-order chi connectivity index (χ0) is 22.3. The van der Waals surface area contributed by atoms with Crippen LogP contribution < -0.4 is 5.32 Å². The van der Waals surface area contributed by atoms with Crippen molar-refractivity contribution in [2.45, 2.75) is 63.0 Å².